The smallest absolute Gasteiger partial charge is 0.282 e. The van der Waals surface area contributed by atoms with Crippen molar-refractivity contribution in [1.29, 1.82) is 0 Å². The van der Waals surface area contributed by atoms with Crippen molar-refractivity contribution in [3.63, 3.8) is 0 Å². The summed E-state index contributed by atoms with van der Waals surface area (Å²) in [7, 11) is -3.30. The van der Waals surface area contributed by atoms with Crippen molar-refractivity contribution in [2.45, 2.75) is 38.6 Å². The quantitative estimate of drug-likeness (QED) is 0.802. The molecule has 0 saturated carbocycles. The Morgan fingerprint density at radius 2 is 1.94 bits per heavy atom. The molecule has 1 N–H and O–H groups in total. The number of nitrogens with zero attached hydrogens (tertiary/aromatic N) is 2. The van der Waals surface area contributed by atoms with Crippen LogP contribution in [0.3, 0.4) is 0 Å². The van der Waals surface area contributed by atoms with E-state index in [4.69, 9.17) is 5.11 Å². The van der Waals surface area contributed by atoms with Crippen LogP contribution in [-0.4, -0.2) is 54.4 Å². The summed E-state index contributed by atoms with van der Waals surface area (Å²) in [6.45, 7) is 3.77. The fraction of sp³-hybridized carbons (Fsp3) is 1.00. The standard InChI is InChI=1S/C11H22N2O3S/c1-10-4-2-7-13(10)17(15,16)12-6-3-5-11(8-12)9-14/h10-11,14H,2-9H2,1H3. The third kappa shape index (κ3) is 2.65. The highest BCUT2D eigenvalue weighted by Crippen LogP contribution is 2.26. The largest absolute Gasteiger partial charge is 0.396 e. The molecule has 0 aliphatic carbocycles. The fourth-order valence-corrected chi connectivity index (χ4v) is 4.76. The van der Waals surface area contributed by atoms with E-state index in [0.717, 1.165) is 25.7 Å². The summed E-state index contributed by atoms with van der Waals surface area (Å²) in [6.07, 6.45) is 3.69. The average Bonchev–Trinajstić information content (AvgIpc) is 2.76. The van der Waals surface area contributed by atoms with E-state index in [2.05, 4.69) is 0 Å². The number of hydrogen-bond donors (Lipinski definition) is 1. The Hall–Kier alpha value is -0.170. The summed E-state index contributed by atoms with van der Waals surface area (Å²) in [5.41, 5.74) is 0. The molecule has 0 aromatic carbocycles. The van der Waals surface area contributed by atoms with Crippen molar-refractivity contribution in [1.82, 2.24) is 8.61 Å². The molecule has 0 spiro atoms. The molecule has 0 amide bonds. The van der Waals surface area contributed by atoms with Crippen LogP contribution >= 0.6 is 0 Å². The molecule has 2 saturated heterocycles. The maximum absolute atomic E-state index is 12.4. The zero-order valence-electron chi connectivity index (χ0n) is 10.4. The van der Waals surface area contributed by atoms with E-state index in [1.165, 1.54) is 0 Å². The van der Waals surface area contributed by atoms with Gasteiger partial charge >= 0.3 is 0 Å². The second kappa shape index (κ2) is 5.22. The van der Waals surface area contributed by atoms with Gasteiger partial charge in [-0.3, -0.25) is 0 Å². The first-order chi connectivity index (χ1) is 8.05. The molecule has 0 aromatic rings. The molecule has 2 rings (SSSR count). The Bertz CT molecular complexity index is 358. The molecule has 2 aliphatic heterocycles. The van der Waals surface area contributed by atoms with E-state index in [0.29, 0.717) is 19.6 Å². The molecule has 2 aliphatic rings. The van der Waals surface area contributed by atoms with Crippen LogP contribution in [0.25, 0.3) is 0 Å². The predicted octanol–water partition coefficient (Wildman–Crippen LogP) is 0.420. The second-order valence-corrected chi connectivity index (χ2v) is 7.04. The van der Waals surface area contributed by atoms with Crippen molar-refractivity contribution in [2.24, 2.45) is 5.92 Å². The fourth-order valence-electron chi connectivity index (χ4n) is 2.78. The summed E-state index contributed by atoms with van der Waals surface area (Å²) in [5, 5.41) is 9.16. The minimum atomic E-state index is -3.30. The van der Waals surface area contributed by atoms with E-state index in [1.807, 2.05) is 6.92 Å². The van der Waals surface area contributed by atoms with Crippen molar-refractivity contribution < 1.29 is 13.5 Å². The van der Waals surface area contributed by atoms with E-state index in [1.54, 1.807) is 8.61 Å². The molecule has 0 radical (unpaired) electrons. The van der Waals surface area contributed by atoms with Gasteiger partial charge in [-0.2, -0.15) is 17.0 Å². The maximum atomic E-state index is 12.4. The number of aliphatic hydroxyl groups is 1. The van der Waals surface area contributed by atoms with Crippen LogP contribution in [-0.2, 0) is 10.2 Å². The van der Waals surface area contributed by atoms with Crippen LogP contribution < -0.4 is 0 Å². The summed E-state index contributed by atoms with van der Waals surface area (Å²) in [4.78, 5) is 0. The lowest BCUT2D eigenvalue weighted by Gasteiger charge is -2.35. The predicted molar refractivity (Wildman–Crippen MR) is 65.7 cm³/mol. The van der Waals surface area contributed by atoms with Gasteiger partial charge in [-0.1, -0.05) is 0 Å². The first-order valence-corrected chi connectivity index (χ1v) is 7.83. The Balaban J connectivity index is 2.09. The molecule has 100 valence electrons. The van der Waals surface area contributed by atoms with Gasteiger partial charge in [0.2, 0.25) is 0 Å². The van der Waals surface area contributed by atoms with E-state index in [-0.39, 0.29) is 18.6 Å². The maximum Gasteiger partial charge on any atom is 0.282 e. The van der Waals surface area contributed by atoms with Crippen LogP contribution in [0.2, 0.25) is 0 Å². The van der Waals surface area contributed by atoms with E-state index in [9.17, 15) is 8.42 Å². The van der Waals surface area contributed by atoms with Gasteiger partial charge in [-0.15, -0.1) is 0 Å². The third-order valence-corrected chi connectivity index (χ3v) is 5.97. The Morgan fingerprint density at radius 3 is 2.53 bits per heavy atom. The molecular formula is C11H22N2O3S. The van der Waals surface area contributed by atoms with Gasteiger partial charge in [0.05, 0.1) is 0 Å². The van der Waals surface area contributed by atoms with Gasteiger partial charge in [0, 0.05) is 32.3 Å². The lowest BCUT2D eigenvalue weighted by atomic mass is 10.0. The summed E-state index contributed by atoms with van der Waals surface area (Å²) < 4.78 is 28.0. The van der Waals surface area contributed by atoms with E-state index < -0.39 is 10.2 Å². The Labute approximate surface area is 104 Å². The normalized spacial score (nSPS) is 33.1. The third-order valence-electron chi connectivity index (χ3n) is 3.85. The zero-order valence-corrected chi connectivity index (χ0v) is 11.2. The molecule has 0 bridgehead atoms. The monoisotopic (exact) mass is 262 g/mol. The highest BCUT2D eigenvalue weighted by molar-refractivity contribution is 7.86. The van der Waals surface area contributed by atoms with Crippen LogP contribution in [0.5, 0.6) is 0 Å². The SMILES string of the molecule is CC1CCCN1S(=O)(=O)N1CCCC(CO)C1. The minimum Gasteiger partial charge on any atom is -0.396 e. The van der Waals surface area contributed by atoms with Crippen molar-refractivity contribution in [3.05, 3.63) is 0 Å². The topological polar surface area (TPSA) is 60.9 Å². The van der Waals surface area contributed by atoms with Gasteiger partial charge < -0.3 is 5.11 Å². The minimum absolute atomic E-state index is 0.0849. The molecule has 0 aromatic heterocycles. The van der Waals surface area contributed by atoms with Crippen LogP contribution in [0.1, 0.15) is 32.6 Å². The number of piperidine rings is 1. The van der Waals surface area contributed by atoms with Crippen molar-refractivity contribution in [3.8, 4) is 0 Å². The van der Waals surface area contributed by atoms with Crippen LogP contribution in [0, 0.1) is 5.92 Å². The first-order valence-electron chi connectivity index (χ1n) is 6.43. The summed E-state index contributed by atoms with van der Waals surface area (Å²) in [5.74, 6) is 0.108. The van der Waals surface area contributed by atoms with Crippen LogP contribution in [0.15, 0.2) is 0 Å². The second-order valence-electron chi connectivity index (χ2n) is 5.16. The van der Waals surface area contributed by atoms with Crippen LogP contribution in [0.4, 0.5) is 0 Å². The number of hydrogen-bond acceptors (Lipinski definition) is 3. The molecule has 2 fully saturated rings. The van der Waals surface area contributed by atoms with Gasteiger partial charge in [0.15, 0.2) is 0 Å². The van der Waals surface area contributed by atoms with Gasteiger partial charge in [0.25, 0.3) is 10.2 Å². The van der Waals surface area contributed by atoms with Gasteiger partial charge in [-0.05, 0) is 38.5 Å². The van der Waals surface area contributed by atoms with Crippen molar-refractivity contribution in [2.75, 3.05) is 26.2 Å². The Morgan fingerprint density at radius 1 is 1.24 bits per heavy atom. The number of rotatable bonds is 3. The van der Waals surface area contributed by atoms with Gasteiger partial charge in [0.1, 0.15) is 0 Å². The molecule has 2 heterocycles. The number of aliphatic hydroxyl groups excluding tert-OH is 1. The highest BCUT2D eigenvalue weighted by atomic mass is 32.2. The van der Waals surface area contributed by atoms with E-state index >= 15 is 0 Å². The average molecular weight is 262 g/mol. The van der Waals surface area contributed by atoms with Gasteiger partial charge in [-0.25, -0.2) is 0 Å². The lowest BCUT2D eigenvalue weighted by molar-refractivity contribution is 0.160. The summed E-state index contributed by atoms with van der Waals surface area (Å²) >= 11 is 0. The molecule has 2 unspecified atom stereocenters. The molecule has 5 nitrogen and oxygen atoms in total. The molecule has 6 heteroatoms. The highest BCUT2D eigenvalue weighted by Gasteiger charge is 2.37. The molecular weight excluding hydrogens is 240 g/mol. The zero-order chi connectivity index (χ0) is 12.5. The molecule has 17 heavy (non-hydrogen) atoms. The first kappa shape index (κ1) is 13.3. The molecule has 2 atom stereocenters. The van der Waals surface area contributed by atoms with Crippen molar-refractivity contribution >= 4 is 10.2 Å². The Kier molecular flexibility index (Phi) is 4.07. The lowest BCUT2D eigenvalue weighted by Crippen LogP contribution is -2.49. The summed E-state index contributed by atoms with van der Waals surface area (Å²) in [6, 6.07) is 0.120.